The van der Waals surface area contributed by atoms with Gasteiger partial charge in [-0.25, -0.2) is 0 Å². The fourth-order valence-corrected chi connectivity index (χ4v) is 6.76. The van der Waals surface area contributed by atoms with Gasteiger partial charge in [-0.3, -0.25) is 19.2 Å². The third kappa shape index (κ3) is 3.04. The molecule has 0 saturated heterocycles. The molecular weight excluding hydrogens is 412 g/mol. The van der Waals surface area contributed by atoms with Gasteiger partial charge in [0.2, 0.25) is 5.78 Å². The number of hydrogen-bond acceptors (Lipinski definition) is 7. The molecule has 1 fully saturated rings. The molecule has 1 N–H and O–H groups in total. The molecule has 7 heteroatoms. The van der Waals surface area contributed by atoms with Gasteiger partial charge in [-0.05, 0) is 62.7 Å². The van der Waals surface area contributed by atoms with Gasteiger partial charge in [-0.1, -0.05) is 31.1 Å². The van der Waals surface area contributed by atoms with E-state index >= 15 is 0 Å². The zero-order valence-electron chi connectivity index (χ0n) is 18.8. The number of aliphatic hydroxyl groups excluding tert-OH is 1. The molecule has 4 rings (SSSR count). The van der Waals surface area contributed by atoms with Gasteiger partial charge in [0.15, 0.2) is 18.0 Å². The Morgan fingerprint density at radius 1 is 1.28 bits per heavy atom. The minimum Gasteiger partial charge on any atom is -0.460 e. The Kier molecular flexibility index (Phi) is 5.52. The van der Waals surface area contributed by atoms with E-state index in [2.05, 4.69) is 0 Å². The van der Waals surface area contributed by atoms with E-state index in [1.54, 1.807) is 19.1 Å². The zero-order chi connectivity index (χ0) is 23.3. The van der Waals surface area contributed by atoms with Crippen molar-refractivity contribution >= 4 is 24.0 Å². The minimum atomic E-state index is -1.46. The van der Waals surface area contributed by atoms with Crippen molar-refractivity contribution in [1.29, 1.82) is 0 Å². The molecule has 32 heavy (non-hydrogen) atoms. The summed E-state index contributed by atoms with van der Waals surface area (Å²) < 4.78 is 10.6. The highest BCUT2D eigenvalue weighted by Crippen LogP contribution is 2.65. The van der Waals surface area contributed by atoms with E-state index in [1.807, 2.05) is 19.9 Å². The molecule has 0 aromatic carbocycles. The van der Waals surface area contributed by atoms with Crippen molar-refractivity contribution in [2.24, 2.45) is 16.7 Å². The van der Waals surface area contributed by atoms with Gasteiger partial charge in [-0.2, -0.15) is 0 Å². The molecule has 1 saturated carbocycles. The number of rotatable bonds is 6. The van der Waals surface area contributed by atoms with Crippen LogP contribution in [0.1, 0.15) is 59.3 Å². The van der Waals surface area contributed by atoms with Gasteiger partial charge in [0.25, 0.3) is 6.47 Å². The normalized spacial score (nSPS) is 37.8. The summed E-state index contributed by atoms with van der Waals surface area (Å²) in [5.74, 6) is -1.03. The topological polar surface area (TPSA) is 107 Å². The van der Waals surface area contributed by atoms with Crippen molar-refractivity contribution in [3.63, 3.8) is 0 Å². The van der Waals surface area contributed by atoms with Crippen LogP contribution in [-0.2, 0) is 28.7 Å². The Balaban J connectivity index is 1.81. The van der Waals surface area contributed by atoms with Gasteiger partial charge in [0.05, 0.1) is 6.10 Å². The third-order valence-electron chi connectivity index (χ3n) is 8.29. The highest BCUT2D eigenvalue weighted by Gasteiger charge is 2.67. The predicted octanol–water partition coefficient (Wildman–Crippen LogP) is 2.76. The van der Waals surface area contributed by atoms with E-state index in [9.17, 15) is 24.3 Å². The molecule has 7 nitrogen and oxygen atoms in total. The molecule has 0 radical (unpaired) electrons. The van der Waals surface area contributed by atoms with Crippen LogP contribution < -0.4 is 0 Å². The maximum atomic E-state index is 13.3. The van der Waals surface area contributed by atoms with E-state index < -0.39 is 40.9 Å². The van der Waals surface area contributed by atoms with Crippen LogP contribution >= 0.6 is 0 Å². The first-order chi connectivity index (χ1) is 15.1. The van der Waals surface area contributed by atoms with Crippen molar-refractivity contribution in [2.75, 3.05) is 6.61 Å². The maximum absolute atomic E-state index is 13.3. The van der Waals surface area contributed by atoms with Gasteiger partial charge in [-0.15, -0.1) is 0 Å². The van der Waals surface area contributed by atoms with Crippen LogP contribution in [0.3, 0.4) is 0 Å². The van der Waals surface area contributed by atoms with Gasteiger partial charge >= 0.3 is 5.97 Å². The summed E-state index contributed by atoms with van der Waals surface area (Å²) in [5.41, 5.74) is 0.203. The van der Waals surface area contributed by atoms with Crippen LogP contribution in [0.5, 0.6) is 0 Å². The Morgan fingerprint density at radius 2 is 2.03 bits per heavy atom. The fourth-order valence-electron chi connectivity index (χ4n) is 6.76. The molecule has 5 atom stereocenters. The second kappa shape index (κ2) is 7.80. The predicted molar refractivity (Wildman–Crippen MR) is 114 cm³/mol. The first-order valence-electron chi connectivity index (χ1n) is 11.3. The number of carbonyl (C=O) groups excluding carboxylic acids is 4. The average Bonchev–Trinajstić information content (AvgIpc) is 3.04. The smallest absolute Gasteiger partial charge is 0.306 e. The van der Waals surface area contributed by atoms with Gasteiger partial charge in [0.1, 0.15) is 0 Å². The number of fused-ring (bicyclic) bond motifs is 4. The summed E-state index contributed by atoms with van der Waals surface area (Å²) in [6.07, 6.45) is 6.96. The molecule has 172 valence electrons. The van der Waals surface area contributed by atoms with Crippen LogP contribution in [0.15, 0.2) is 34.9 Å². The lowest BCUT2D eigenvalue weighted by Gasteiger charge is -2.53. The third-order valence-corrected chi connectivity index (χ3v) is 8.29. The molecular formula is C25H30O7. The van der Waals surface area contributed by atoms with E-state index in [4.69, 9.17) is 9.47 Å². The summed E-state index contributed by atoms with van der Waals surface area (Å²) in [6.45, 7) is 5.35. The van der Waals surface area contributed by atoms with E-state index in [1.165, 1.54) is 0 Å². The average molecular weight is 443 g/mol. The van der Waals surface area contributed by atoms with Crippen LogP contribution in [0.25, 0.3) is 0 Å². The van der Waals surface area contributed by atoms with Crippen molar-refractivity contribution in [3.8, 4) is 0 Å². The molecule has 4 aliphatic rings. The molecule has 0 heterocycles. The molecule has 4 aliphatic carbocycles. The Labute approximate surface area is 187 Å². The van der Waals surface area contributed by atoms with Crippen molar-refractivity contribution < 1.29 is 33.8 Å². The van der Waals surface area contributed by atoms with E-state index in [0.717, 1.165) is 16.7 Å². The van der Waals surface area contributed by atoms with Gasteiger partial charge in [0, 0.05) is 17.3 Å². The lowest BCUT2D eigenvalue weighted by atomic mass is 9.52. The largest absolute Gasteiger partial charge is 0.460 e. The van der Waals surface area contributed by atoms with Gasteiger partial charge < -0.3 is 14.6 Å². The summed E-state index contributed by atoms with van der Waals surface area (Å²) in [7, 11) is 0. The lowest BCUT2D eigenvalue weighted by molar-refractivity contribution is -0.186. The van der Waals surface area contributed by atoms with Crippen LogP contribution in [0.2, 0.25) is 0 Å². The van der Waals surface area contributed by atoms with E-state index in [-0.39, 0.29) is 31.0 Å². The second-order valence-electron chi connectivity index (χ2n) is 9.76. The zero-order valence-corrected chi connectivity index (χ0v) is 18.8. The number of hydrogen-bond donors (Lipinski definition) is 1. The number of ketones is 2. The molecule has 0 aromatic rings. The Morgan fingerprint density at radius 3 is 2.72 bits per heavy atom. The molecule has 0 bridgehead atoms. The summed E-state index contributed by atoms with van der Waals surface area (Å²) in [4.78, 5) is 48.4. The number of aliphatic hydroxyl groups is 1. The number of esters is 1. The van der Waals surface area contributed by atoms with Crippen LogP contribution in [0.4, 0.5) is 0 Å². The Bertz CT molecular complexity index is 973. The maximum Gasteiger partial charge on any atom is 0.306 e. The first-order valence-corrected chi connectivity index (χ1v) is 11.3. The second-order valence-corrected chi connectivity index (χ2v) is 9.76. The standard InChI is InChI=1S/C25H30O7/c1-4-21(30)32-25(20(29)13-31-14-26)10-8-18-17-6-5-15-11-16(27)7-9-23(15,2)22(17)19(28)12-24(18,25)3/h7,9,11,14,18-19,28H,4-6,8,10,12-13H2,1-3H3/t18-,19?,23-,24-,25-/m0/s1. The molecule has 0 spiro atoms. The fraction of sp³-hybridized carbons (Fsp3) is 0.600. The highest BCUT2D eigenvalue weighted by molar-refractivity contribution is 6.01. The lowest BCUT2D eigenvalue weighted by Crippen LogP contribution is -2.59. The molecule has 1 unspecified atom stereocenters. The number of carbonyl (C=O) groups is 4. The van der Waals surface area contributed by atoms with E-state index in [0.29, 0.717) is 25.7 Å². The number of ether oxygens (including phenoxy) is 2. The number of Topliss-reactive ketones (excluding diaryl/α,β-unsaturated/α-hetero) is 1. The van der Waals surface area contributed by atoms with Crippen molar-refractivity contribution in [1.82, 2.24) is 0 Å². The molecule has 0 aromatic heterocycles. The summed E-state index contributed by atoms with van der Waals surface area (Å²) in [6, 6.07) is 0. The minimum absolute atomic E-state index is 0.0381. The summed E-state index contributed by atoms with van der Waals surface area (Å²) >= 11 is 0. The van der Waals surface area contributed by atoms with Crippen LogP contribution in [0, 0.1) is 16.7 Å². The molecule has 0 amide bonds. The molecule has 0 aliphatic heterocycles. The van der Waals surface area contributed by atoms with Crippen LogP contribution in [-0.4, -0.2) is 47.4 Å². The van der Waals surface area contributed by atoms with Crippen molar-refractivity contribution in [2.45, 2.75) is 71.0 Å². The quantitative estimate of drug-likeness (QED) is 0.383. The SMILES string of the molecule is CCC(=O)O[C@]1(C(=O)COC=O)CC[C@H]2C3=C(C(O)C[C@@]21C)[C@@]1(C)C=CC(=O)C=C1CC3. The van der Waals surface area contributed by atoms with Crippen molar-refractivity contribution in [3.05, 3.63) is 34.9 Å². The first kappa shape index (κ1) is 22.6. The summed E-state index contributed by atoms with van der Waals surface area (Å²) in [5, 5.41) is 11.4. The monoisotopic (exact) mass is 442 g/mol. The number of allylic oxidation sites excluding steroid dienone is 5. The highest BCUT2D eigenvalue weighted by atomic mass is 16.6. The Hall–Kier alpha value is -2.54.